The zero-order chi connectivity index (χ0) is 19.7. The predicted octanol–water partition coefficient (Wildman–Crippen LogP) is 3.28. The molecule has 0 aliphatic rings. The van der Waals surface area contributed by atoms with Gasteiger partial charge in [-0.3, -0.25) is 18.6 Å². The number of aromatic amines is 1. The van der Waals surface area contributed by atoms with E-state index in [-0.39, 0.29) is 17.5 Å². The maximum absolute atomic E-state index is 13.0. The molecule has 27 heavy (non-hydrogen) atoms. The van der Waals surface area contributed by atoms with Gasteiger partial charge >= 0.3 is 0 Å². The summed E-state index contributed by atoms with van der Waals surface area (Å²) in [6.07, 6.45) is 1.70. The minimum Gasteiger partial charge on any atom is -0.350 e. The summed E-state index contributed by atoms with van der Waals surface area (Å²) in [5.41, 5.74) is 0.957. The number of nitrogens with one attached hydrogen (secondary N) is 2. The Morgan fingerprint density at radius 1 is 1.33 bits per heavy atom. The van der Waals surface area contributed by atoms with E-state index in [4.69, 9.17) is 12.2 Å². The monoisotopic (exact) mass is 387 g/mol. The number of aromatic nitrogens is 4. The van der Waals surface area contributed by atoms with Gasteiger partial charge in [0, 0.05) is 18.2 Å². The molecular formula is C19H25N5O2S. The fraction of sp³-hybridized carbons (Fsp3) is 0.474. The molecule has 0 radical (unpaired) electrons. The molecule has 7 nitrogen and oxygen atoms in total. The van der Waals surface area contributed by atoms with Gasteiger partial charge in [0.05, 0.1) is 10.9 Å². The van der Waals surface area contributed by atoms with Crippen LogP contribution in [0.3, 0.4) is 0 Å². The minimum absolute atomic E-state index is 0.0772. The first-order valence-electron chi connectivity index (χ1n) is 9.28. The zero-order valence-corrected chi connectivity index (χ0v) is 16.9. The SMILES string of the molecule is CC[C@@H](C)NC(=O)c1ccc2c(=O)n(CCC(C)C)c3n[nH]c(=S)n3c2c1. The number of hydrogen-bond acceptors (Lipinski definition) is 4. The number of nitrogens with zero attached hydrogens (tertiary/aromatic N) is 3. The van der Waals surface area contributed by atoms with Crippen LogP contribution in [0.1, 0.15) is 50.9 Å². The second-order valence-electron chi connectivity index (χ2n) is 7.32. The third-order valence-corrected chi connectivity index (χ3v) is 5.07. The Balaban J connectivity index is 2.20. The van der Waals surface area contributed by atoms with Gasteiger partial charge < -0.3 is 5.32 Å². The molecule has 1 aromatic carbocycles. The molecule has 1 amide bonds. The fourth-order valence-electron chi connectivity index (χ4n) is 2.96. The van der Waals surface area contributed by atoms with Crippen LogP contribution in [-0.2, 0) is 6.54 Å². The molecule has 0 unspecified atom stereocenters. The largest absolute Gasteiger partial charge is 0.350 e. The minimum atomic E-state index is -0.168. The van der Waals surface area contributed by atoms with E-state index in [9.17, 15) is 9.59 Å². The molecular weight excluding hydrogens is 362 g/mol. The lowest BCUT2D eigenvalue weighted by molar-refractivity contribution is 0.0939. The van der Waals surface area contributed by atoms with Crippen molar-refractivity contribution in [3.05, 3.63) is 38.9 Å². The Morgan fingerprint density at radius 3 is 2.74 bits per heavy atom. The first-order chi connectivity index (χ1) is 12.8. The average Bonchev–Trinajstić information content (AvgIpc) is 3.02. The van der Waals surface area contributed by atoms with Crippen molar-refractivity contribution in [2.24, 2.45) is 5.92 Å². The van der Waals surface area contributed by atoms with Crippen molar-refractivity contribution in [3.63, 3.8) is 0 Å². The number of rotatable bonds is 6. The summed E-state index contributed by atoms with van der Waals surface area (Å²) in [5.74, 6) is 0.761. The molecule has 0 bridgehead atoms. The van der Waals surface area contributed by atoms with E-state index in [0.717, 1.165) is 12.8 Å². The molecule has 0 fully saturated rings. The normalized spacial score (nSPS) is 12.8. The standard InChI is InChI=1S/C19H25N5O2S/c1-5-12(4)20-16(25)13-6-7-14-15(10-13)24-18(21-22-19(24)27)23(17(14)26)9-8-11(2)3/h6-7,10-12H,5,8-9H2,1-4H3,(H,20,25)(H,22,27)/t12-/m1/s1. The number of aryl methyl sites for hydroxylation is 1. The van der Waals surface area contributed by atoms with E-state index in [1.165, 1.54) is 0 Å². The van der Waals surface area contributed by atoms with Crippen LogP contribution >= 0.6 is 12.2 Å². The van der Waals surface area contributed by atoms with Crippen LogP contribution in [0.5, 0.6) is 0 Å². The average molecular weight is 388 g/mol. The summed E-state index contributed by atoms with van der Waals surface area (Å²) in [5, 5.41) is 10.5. The Bertz CT molecular complexity index is 1110. The number of hydrogen-bond donors (Lipinski definition) is 2. The highest BCUT2D eigenvalue weighted by Gasteiger charge is 2.16. The second kappa shape index (κ2) is 7.64. The van der Waals surface area contributed by atoms with Crippen molar-refractivity contribution in [2.75, 3.05) is 0 Å². The van der Waals surface area contributed by atoms with Crippen molar-refractivity contribution < 1.29 is 4.79 Å². The van der Waals surface area contributed by atoms with E-state index < -0.39 is 0 Å². The summed E-state index contributed by atoms with van der Waals surface area (Å²) < 4.78 is 3.77. The number of benzene rings is 1. The van der Waals surface area contributed by atoms with Crippen LogP contribution in [0, 0.1) is 10.7 Å². The van der Waals surface area contributed by atoms with Gasteiger partial charge in [-0.1, -0.05) is 20.8 Å². The molecule has 2 aromatic heterocycles. The van der Waals surface area contributed by atoms with Crippen LogP contribution < -0.4 is 10.9 Å². The van der Waals surface area contributed by atoms with Crippen molar-refractivity contribution in [2.45, 2.75) is 53.1 Å². The van der Waals surface area contributed by atoms with Gasteiger partial charge in [-0.15, -0.1) is 5.10 Å². The van der Waals surface area contributed by atoms with E-state index in [2.05, 4.69) is 29.4 Å². The van der Waals surface area contributed by atoms with Crippen molar-refractivity contribution in [1.29, 1.82) is 0 Å². The van der Waals surface area contributed by atoms with Gasteiger partial charge in [0.25, 0.3) is 11.5 Å². The van der Waals surface area contributed by atoms with Crippen molar-refractivity contribution in [1.82, 2.24) is 24.5 Å². The topological polar surface area (TPSA) is 84.2 Å². The Morgan fingerprint density at radius 2 is 2.07 bits per heavy atom. The Hall–Kier alpha value is -2.48. The highest BCUT2D eigenvalue weighted by Crippen LogP contribution is 2.17. The number of amides is 1. The molecule has 0 spiro atoms. The zero-order valence-electron chi connectivity index (χ0n) is 16.1. The van der Waals surface area contributed by atoms with Crippen LogP contribution in [0.4, 0.5) is 0 Å². The molecule has 3 rings (SSSR count). The predicted molar refractivity (Wildman–Crippen MR) is 109 cm³/mol. The Labute approximate surface area is 162 Å². The van der Waals surface area contributed by atoms with Gasteiger partial charge in [0.1, 0.15) is 0 Å². The van der Waals surface area contributed by atoms with Crippen LogP contribution in [0.25, 0.3) is 16.7 Å². The van der Waals surface area contributed by atoms with Crippen molar-refractivity contribution >= 4 is 34.8 Å². The molecule has 0 aliphatic heterocycles. The maximum atomic E-state index is 13.0. The Kier molecular flexibility index (Phi) is 5.46. The van der Waals surface area contributed by atoms with Gasteiger partial charge in [-0.25, -0.2) is 5.10 Å². The summed E-state index contributed by atoms with van der Waals surface area (Å²) in [6.45, 7) is 8.76. The number of fused-ring (bicyclic) bond motifs is 3. The van der Waals surface area contributed by atoms with Crippen LogP contribution in [-0.4, -0.2) is 31.1 Å². The third kappa shape index (κ3) is 3.66. The van der Waals surface area contributed by atoms with E-state index >= 15 is 0 Å². The second-order valence-corrected chi connectivity index (χ2v) is 7.70. The molecule has 3 aromatic rings. The van der Waals surface area contributed by atoms with Crippen LogP contribution in [0.2, 0.25) is 0 Å². The molecule has 0 saturated heterocycles. The molecule has 0 saturated carbocycles. The summed E-state index contributed by atoms with van der Waals surface area (Å²) in [4.78, 5) is 25.5. The fourth-order valence-corrected chi connectivity index (χ4v) is 3.19. The summed E-state index contributed by atoms with van der Waals surface area (Å²) in [7, 11) is 0. The number of carbonyl (C=O) groups excluding carboxylic acids is 1. The number of carbonyl (C=O) groups is 1. The quantitative estimate of drug-likeness (QED) is 0.636. The first kappa shape index (κ1) is 19.3. The smallest absolute Gasteiger partial charge is 0.262 e. The number of H-pyrrole nitrogens is 1. The summed E-state index contributed by atoms with van der Waals surface area (Å²) >= 11 is 5.38. The molecule has 0 aliphatic carbocycles. The highest BCUT2D eigenvalue weighted by atomic mass is 32.1. The molecule has 2 heterocycles. The first-order valence-corrected chi connectivity index (χ1v) is 9.68. The lowest BCUT2D eigenvalue weighted by Gasteiger charge is -2.14. The van der Waals surface area contributed by atoms with Crippen molar-refractivity contribution in [3.8, 4) is 0 Å². The highest BCUT2D eigenvalue weighted by molar-refractivity contribution is 7.71. The van der Waals surface area contributed by atoms with E-state index in [0.29, 0.717) is 39.5 Å². The lowest BCUT2D eigenvalue weighted by Crippen LogP contribution is -2.32. The third-order valence-electron chi connectivity index (χ3n) is 4.79. The summed E-state index contributed by atoms with van der Waals surface area (Å²) in [6, 6.07) is 5.17. The van der Waals surface area contributed by atoms with Gasteiger partial charge in [0.15, 0.2) is 0 Å². The maximum Gasteiger partial charge on any atom is 0.262 e. The van der Waals surface area contributed by atoms with E-state index in [1.54, 1.807) is 27.2 Å². The van der Waals surface area contributed by atoms with Gasteiger partial charge in [-0.05, 0) is 56.1 Å². The molecule has 1 atom stereocenters. The van der Waals surface area contributed by atoms with Gasteiger partial charge in [-0.2, -0.15) is 0 Å². The molecule has 8 heteroatoms. The van der Waals surface area contributed by atoms with E-state index in [1.807, 2.05) is 13.8 Å². The van der Waals surface area contributed by atoms with Crippen LogP contribution in [0.15, 0.2) is 23.0 Å². The molecule has 144 valence electrons. The lowest BCUT2D eigenvalue weighted by atomic mass is 10.1. The molecule has 2 N–H and O–H groups in total. The van der Waals surface area contributed by atoms with Gasteiger partial charge in [0.2, 0.25) is 10.5 Å².